The predicted octanol–water partition coefficient (Wildman–Crippen LogP) is 3.15. The Balaban J connectivity index is 1.39. The first-order valence-electron chi connectivity index (χ1n) is 9.58. The van der Waals surface area contributed by atoms with Crippen molar-refractivity contribution >= 4 is 17.5 Å². The fourth-order valence-electron chi connectivity index (χ4n) is 3.99. The van der Waals surface area contributed by atoms with Crippen molar-refractivity contribution < 1.29 is 4.79 Å². The highest BCUT2D eigenvalue weighted by molar-refractivity contribution is 6.30. The summed E-state index contributed by atoms with van der Waals surface area (Å²) >= 11 is 6.06. The Kier molecular flexibility index (Phi) is 6.74. The molecule has 2 aliphatic rings. The van der Waals surface area contributed by atoms with Gasteiger partial charge in [0.2, 0.25) is 5.91 Å². The lowest BCUT2D eigenvalue weighted by Crippen LogP contribution is -2.51. The molecule has 2 atom stereocenters. The average molecular weight is 364 g/mol. The minimum atomic E-state index is 0.196. The maximum atomic E-state index is 12.4. The quantitative estimate of drug-likeness (QED) is 0.872. The van der Waals surface area contributed by atoms with Crippen LogP contribution in [0.3, 0.4) is 0 Å². The predicted molar refractivity (Wildman–Crippen MR) is 103 cm³/mol. The monoisotopic (exact) mass is 363 g/mol. The van der Waals surface area contributed by atoms with E-state index < -0.39 is 0 Å². The van der Waals surface area contributed by atoms with E-state index in [0.717, 1.165) is 44.2 Å². The van der Waals surface area contributed by atoms with Crippen LogP contribution in [-0.4, -0.2) is 54.5 Å². The Morgan fingerprint density at radius 3 is 2.60 bits per heavy atom. The highest BCUT2D eigenvalue weighted by Crippen LogP contribution is 2.23. The number of carbonyl (C=O) groups is 1. The second kappa shape index (κ2) is 9.02. The van der Waals surface area contributed by atoms with Crippen molar-refractivity contribution in [2.75, 3.05) is 32.7 Å². The van der Waals surface area contributed by atoms with Gasteiger partial charge in [-0.2, -0.15) is 0 Å². The highest BCUT2D eigenvalue weighted by Gasteiger charge is 2.24. The molecule has 2 fully saturated rings. The summed E-state index contributed by atoms with van der Waals surface area (Å²) in [6, 6.07) is 8.45. The Morgan fingerprint density at radius 2 is 1.88 bits per heavy atom. The first-order chi connectivity index (χ1) is 12.1. The molecule has 0 bridgehead atoms. The van der Waals surface area contributed by atoms with Crippen LogP contribution in [0, 0.1) is 5.92 Å². The van der Waals surface area contributed by atoms with E-state index in [1.807, 2.05) is 18.2 Å². The van der Waals surface area contributed by atoms with Gasteiger partial charge in [-0.25, -0.2) is 0 Å². The van der Waals surface area contributed by atoms with Crippen LogP contribution in [0.5, 0.6) is 0 Å². The molecule has 1 amide bonds. The first kappa shape index (κ1) is 18.7. The molecule has 25 heavy (non-hydrogen) atoms. The van der Waals surface area contributed by atoms with Gasteiger partial charge in [-0.1, -0.05) is 43.5 Å². The summed E-state index contributed by atoms with van der Waals surface area (Å²) in [5, 5.41) is 4.06. The summed E-state index contributed by atoms with van der Waals surface area (Å²) in [6.45, 7) is 7.63. The maximum absolute atomic E-state index is 12.4. The van der Waals surface area contributed by atoms with Gasteiger partial charge in [0, 0.05) is 43.8 Å². The molecule has 1 saturated carbocycles. The van der Waals surface area contributed by atoms with E-state index in [0.29, 0.717) is 18.5 Å². The zero-order valence-electron chi connectivity index (χ0n) is 15.2. The molecule has 0 radical (unpaired) electrons. The fourth-order valence-corrected chi connectivity index (χ4v) is 4.20. The van der Waals surface area contributed by atoms with Crippen molar-refractivity contribution in [2.45, 2.75) is 45.2 Å². The minimum Gasteiger partial charge on any atom is -0.352 e. The summed E-state index contributed by atoms with van der Waals surface area (Å²) in [5.74, 6) is 0.814. The van der Waals surface area contributed by atoms with Crippen LogP contribution in [0.15, 0.2) is 24.3 Å². The second-order valence-electron chi connectivity index (χ2n) is 7.62. The molecule has 138 valence electrons. The number of carbonyl (C=O) groups excluding carboxylic acids is 1. The third-order valence-corrected chi connectivity index (χ3v) is 5.82. The fraction of sp³-hybridized carbons (Fsp3) is 0.650. The van der Waals surface area contributed by atoms with Gasteiger partial charge in [-0.3, -0.25) is 14.6 Å². The Labute approximate surface area is 156 Å². The maximum Gasteiger partial charge on any atom is 0.234 e. The van der Waals surface area contributed by atoms with Crippen LogP contribution in [0.2, 0.25) is 5.02 Å². The lowest BCUT2D eigenvalue weighted by molar-refractivity contribution is -0.124. The summed E-state index contributed by atoms with van der Waals surface area (Å²) in [7, 11) is 0. The van der Waals surface area contributed by atoms with E-state index in [1.54, 1.807) is 0 Å². The van der Waals surface area contributed by atoms with Crippen LogP contribution in [-0.2, 0) is 11.3 Å². The summed E-state index contributed by atoms with van der Waals surface area (Å²) in [5.41, 5.74) is 1.25. The molecule has 0 unspecified atom stereocenters. The van der Waals surface area contributed by atoms with Gasteiger partial charge in [0.1, 0.15) is 0 Å². The molecular weight excluding hydrogens is 334 g/mol. The number of amides is 1. The standard InChI is InChI=1S/C20H30ClN3O/c1-16-5-2-3-8-19(16)22-20(25)15-24-11-9-23(10-12-24)14-17-6-4-7-18(21)13-17/h4,6-7,13,16,19H,2-3,5,8-12,14-15H2,1H3,(H,22,25)/t16-,19-/m0/s1. The summed E-state index contributed by atoms with van der Waals surface area (Å²) in [6.07, 6.45) is 4.94. The van der Waals surface area contributed by atoms with Gasteiger partial charge in [-0.05, 0) is 36.5 Å². The first-order valence-corrected chi connectivity index (χ1v) is 9.96. The molecule has 3 rings (SSSR count). The SMILES string of the molecule is C[C@H]1CCCC[C@@H]1NC(=O)CN1CCN(Cc2cccc(Cl)c2)CC1. The lowest BCUT2D eigenvalue weighted by atomic mass is 9.86. The van der Waals surface area contributed by atoms with Crippen molar-refractivity contribution in [3.63, 3.8) is 0 Å². The van der Waals surface area contributed by atoms with Crippen molar-refractivity contribution in [2.24, 2.45) is 5.92 Å². The largest absolute Gasteiger partial charge is 0.352 e. The number of hydrogen-bond acceptors (Lipinski definition) is 3. The van der Waals surface area contributed by atoms with Gasteiger partial charge in [-0.15, -0.1) is 0 Å². The van der Waals surface area contributed by atoms with E-state index in [2.05, 4.69) is 28.1 Å². The summed E-state index contributed by atoms with van der Waals surface area (Å²) in [4.78, 5) is 17.1. The van der Waals surface area contributed by atoms with Crippen LogP contribution in [0.1, 0.15) is 38.2 Å². The van der Waals surface area contributed by atoms with Gasteiger partial charge >= 0.3 is 0 Å². The second-order valence-corrected chi connectivity index (χ2v) is 8.05. The molecule has 5 heteroatoms. The van der Waals surface area contributed by atoms with Gasteiger partial charge in [0.15, 0.2) is 0 Å². The van der Waals surface area contributed by atoms with E-state index in [-0.39, 0.29) is 5.91 Å². The number of hydrogen-bond donors (Lipinski definition) is 1. The molecule has 1 saturated heterocycles. The van der Waals surface area contributed by atoms with Crippen LogP contribution >= 0.6 is 11.6 Å². The summed E-state index contributed by atoms with van der Waals surface area (Å²) < 4.78 is 0. The number of halogens is 1. The zero-order valence-corrected chi connectivity index (χ0v) is 16.0. The minimum absolute atomic E-state index is 0.196. The molecule has 1 heterocycles. The molecule has 1 aliphatic carbocycles. The number of rotatable bonds is 5. The Bertz CT molecular complexity index is 572. The molecular formula is C20H30ClN3O. The molecule has 1 N–H and O–H groups in total. The van der Waals surface area contributed by atoms with Crippen LogP contribution in [0.25, 0.3) is 0 Å². The van der Waals surface area contributed by atoms with E-state index >= 15 is 0 Å². The third kappa shape index (κ3) is 5.70. The number of nitrogens with one attached hydrogen (secondary N) is 1. The Morgan fingerprint density at radius 1 is 1.16 bits per heavy atom. The van der Waals surface area contributed by atoms with Crippen molar-refractivity contribution in [3.8, 4) is 0 Å². The smallest absolute Gasteiger partial charge is 0.234 e. The van der Waals surface area contributed by atoms with Crippen LogP contribution < -0.4 is 5.32 Å². The molecule has 1 aromatic carbocycles. The van der Waals surface area contributed by atoms with E-state index in [4.69, 9.17) is 11.6 Å². The molecule has 1 aromatic rings. The topological polar surface area (TPSA) is 35.6 Å². The molecule has 0 aromatic heterocycles. The normalized spacial score (nSPS) is 25.7. The molecule has 4 nitrogen and oxygen atoms in total. The molecule has 1 aliphatic heterocycles. The van der Waals surface area contributed by atoms with Crippen molar-refractivity contribution in [3.05, 3.63) is 34.9 Å². The van der Waals surface area contributed by atoms with E-state index in [9.17, 15) is 4.79 Å². The van der Waals surface area contributed by atoms with Gasteiger partial charge in [0.25, 0.3) is 0 Å². The lowest BCUT2D eigenvalue weighted by Gasteiger charge is -2.35. The number of benzene rings is 1. The Hall–Kier alpha value is -1.10. The van der Waals surface area contributed by atoms with Crippen molar-refractivity contribution in [1.82, 2.24) is 15.1 Å². The molecule has 0 spiro atoms. The van der Waals surface area contributed by atoms with Crippen molar-refractivity contribution in [1.29, 1.82) is 0 Å². The zero-order chi connectivity index (χ0) is 17.6. The van der Waals surface area contributed by atoms with Gasteiger partial charge in [0.05, 0.1) is 6.54 Å². The third-order valence-electron chi connectivity index (χ3n) is 5.59. The number of piperazine rings is 1. The van der Waals surface area contributed by atoms with Gasteiger partial charge < -0.3 is 5.32 Å². The van der Waals surface area contributed by atoms with Crippen LogP contribution in [0.4, 0.5) is 0 Å². The average Bonchev–Trinajstić information content (AvgIpc) is 2.59. The highest BCUT2D eigenvalue weighted by atomic mass is 35.5. The number of nitrogens with zero attached hydrogens (tertiary/aromatic N) is 2. The van der Waals surface area contributed by atoms with E-state index in [1.165, 1.54) is 24.8 Å².